The SMILES string of the molecule is CC(C)C(C)N(C)C(CCN)c1ccccc1. The summed E-state index contributed by atoms with van der Waals surface area (Å²) in [5.41, 5.74) is 7.12. The Morgan fingerprint density at radius 3 is 2.18 bits per heavy atom. The number of hydrogen-bond donors (Lipinski definition) is 1. The lowest BCUT2D eigenvalue weighted by Gasteiger charge is -2.35. The van der Waals surface area contributed by atoms with E-state index in [0.29, 0.717) is 18.0 Å². The van der Waals surface area contributed by atoms with Gasteiger partial charge in [-0.2, -0.15) is 0 Å². The van der Waals surface area contributed by atoms with Gasteiger partial charge in [-0.15, -0.1) is 0 Å². The minimum atomic E-state index is 0.429. The standard InChI is InChI=1S/C15H26N2/c1-12(2)13(3)17(4)15(10-11-16)14-8-6-5-7-9-14/h5-9,12-13,15H,10-11,16H2,1-4H3. The first kappa shape index (κ1) is 14.2. The third kappa shape index (κ3) is 3.83. The highest BCUT2D eigenvalue weighted by Crippen LogP contribution is 2.26. The van der Waals surface area contributed by atoms with Crippen LogP contribution in [0, 0.1) is 5.92 Å². The molecule has 2 unspecified atom stereocenters. The van der Waals surface area contributed by atoms with E-state index in [1.165, 1.54) is 5.56 Å². The molecule has 0 spiro atoms. The Morgan fingerprint density at radius 1 is 1.12 bits per heavy atom. The summed E-state index contributed by atoms with van der Waals surface area (Å²) in [6, 6.07) is 11.7. The highest BCUT2D eigenvalue weighted by molar-refractivity contribution is 5.19. The second kappa shape index (κ2) is 6.77. The van der Waals surface area contributed by atoms with Crippen LogP contribution in [0.4, 0.5) is 0 Å². The normalized spacial score (nSPS) is 15.2. The number of rotatable bonds is 6. The van der Waals surface area contributed by atoms with Crippen molar-refractivity contribution in [3.8, 4) is 0 Å². The summed E-state index contributed by atoms with van der Waals surface area (Å²) in [5.74, 6) is 0.656. The Morgan fingerprint density at radius 2 is 1.71 bits per heavy atom. The third-order valence-electron chi connectivity index (χ3n) is 3.72. The summed E-state index contributed by atoms with van der Waals surface area (Å²) < 4.78 is 0. The summed E-state index contributed by atoms with van der Waals surface area (Å²) in [4.78, 5) is 2.45. The van der Waals surface area contributed by atoms with Gasteiger partial charge in [0, 0.05) is 12.1 Å². The minimum Gasteiger partial charge on any atom is -0.330 e. The lowest BCUT2D eigenvalue weighted by molar-refractivity contribution is 0.142. The van der Waals surface area contributed by atoms with Crippen LogP contribution in [0.25, 0.3) is 0 Å². The van der Waals surface area contributed by atoms with Crippen molar-refractivity contribution >= 4 is 0 Å². The van der Waals surface area contributed by atoms with Gasteiger partial charge in [-0.3, -0.25) is 4.90 Å². The molecule has 0 saturated heterocycles. The van der Waals surface area contributed by atoms with Crippen molar-refractivity contribution in [3.05, 3.63) is 35.9 Å². The summed E-state index contributed by atoms with van der Waals surface area (Å²) in [5, 5.41) is 0. The summed E-state index contributed by atoms with van der Waals surface area (Å²) in [7, 11) is 2.21. The van der Waals surface area contributed by atoms with E-state index in [2.05, 4.69) is 63.1 Å². The molecular formula is C15H26N2. The summed E-state index contributed by atoms with van der Waals surface area (Å²) >= 11 is 0. The number of benzene rings is 1. The third-order valence-corrected chi connectivity index (χ3v) is 3.72. The smallest absolute Gasteiger partial charge is 0.0359 e. The van der Waals surface area contributed by atoms with E-state index in [4.69, 9.17) is 5.73 Å². The van der Waals surface area contributed by atoms with Crippen LogP contribution in [-0.4, -0.2) is 24.5 Å². The Balaban J connectivity index is 2.86. The van der Waals surface area contributed by atoms with Crippen molar-refractivity contribution in [2.75, 3.05) is 13.6 Å². The van der Waals surface area contributed by atoms with E-state index in [9.17, 15) is 0 Å². The average Bonchev–Trinajstić information content (AvgIpc) is 2.35. The highest BCUT2D eigenvalue weighted by Gasteiger charge is 2.22. The van der Waals surface area contributed by atoms with Gasteiger partial charge in [0.1, 0.15) is 0 Å². The number of hydrogen-bond acceptors (Lipinski definition) is 2. The molecule has 2 atom stereocenters. The fraction of sp³-hybridized carbons (Fsp3) is 0.600. The first-order valence-corrected chi connectivity index (χ1v) is 6.54. The van der Waals surface area contributed by atoms with Gasteiger partial charge in [-0.1, -0.05) is 44.2 Å². The number of nitrogens with zero attached hydrogens (tertiary/aromatic N) is 1. The zero-order valence-electron chi connectivity index (χ0n) is 11.6. The molecule has 1 rings (SSSR count). The molecule has 2 N–H and O–H groups in total. The van der Waals surface area contributed by atoms with Crippen LogP contribution < -0.4 is 5.73 Å². The number of nitrogens with two attached hydrogens (primary N) is 1. The molecular weight excluding hydrogens is 208 g/mol. The van der Waals surface area contributed by atoms with Crippen molar-refractivity contribution in [2.45, 2.75) is 39.3 Å². The molecule has 2 heteroatoms. The van der Waals surface area contributed by atoms with Crippen molar-refractivity contribution < 1.29 is 0 Å². The van der Waals surface area contributed by atoms with Gasteiger partial charge in [-0.05, 0) is 38.4 Å². The van der Waals surface area contributed by atoms with Gasteiger partial charge in [0.05, 0.1) is 0 Å². The van der Waals surface area contributed by atoms with Crippen LogP contribution in [-0.2, 0) is 0 Å². The van der Waals surface area contributed by atoms with Crippen molar-refractivity contribution in [2.24, 2.45) is 11.7 Å². The minimum absolute atomic E-state index is 0.429. The molecule has 0 fully saturated rings. The van der Waals surface area contributed by atoms with Gasteiger partial charge in [0.25, 0.3) is 0 Å². The van der Waals surface area contributed by atoms with Gasteiger partial charge < -0.3 is 5.73 Å². The first-order valence-electron chi connectivity index (χ1n) is 6.54. The maximum absolute atomic E-state index is 5.75. The van der Waals surface area contributed by atoms with Crippen LogP contribution in [0.2, 0.25) is 0 Å². The Bertz CT molecular complexity index is 308. The highest BCUT2D eigenvalue weighted by atomic mass is 15.2. The quantitative estimate of drug-likeness (QED) is 0.819. The fourth-order valence-electron chi connectivity index (χ4n) is 2.19. The maximum atomic E-state index is 5.75. The second-order valence-corrected chi connectivity index (χ2v) is 5.15. The van der Waals surface area contributed by atoms with Crippen LogP contribution in [0.15, 0.2) is 30.3 Å². The molecule has 1 aromatic carbocycles. The van der Waals surface area contributed by atoms with E-state index in [1.54, 1.807) is 0 Å². The Hall–Kier alpha value is -0.860. The zero-order valence-corrected chi connectivity index (χ0v) is 11.6. The molecule has 0 aliphatic rings. The lowest BCUT2D eigenvalue weighted by atomic mass is 9.97. The predicted molar refractivity (Wildman–Crippen MR) is 74.9 cm³/mol. The monoisotopic (exact) mass is 234 g/mol. The van der Waals surface area contributed by atoms with E-state index in [-0.39, 0.29) is 0 Å². The zero-order chi connectivity index (χ0) is 12.8. The Kier molecular flexibility index (Phi) is 5.66. The second-order valence-electron chi connectivity index (χ2n) is 5.15. The molecule has 0 amide bonds. The van der Waals surface area contributed by atoms with Crippen LogP contribution in [0.1, 0.15) is 38.8 Å². The van der Waals surface area contributed by atoms with E-state index < -0.39 is 0 Å². The van der Waals surface area contributed by atoms with Gasteiger partial charge in [0.15, 0.2) is 0 Å². The molecule has 17 heavy (non-hydrogen) atoms. The van der Waals surface area contributed by atoms with E-state index in [0.717, 1.165) is 13.0 Å². The Labute approximate surface area is 106 Å². The van der Waals surface area contributed by atoms with Gasteiger partial charge in [0.2, 0.25) is 0 Å². The molecule has 0 saturated carbocycles. The van der Waals surface area contributed by atoms with Crippen LogP contribution in [0.3, 0.4) is 0 Å². The predicted octanol–water partition coefficient (Wildman–Crippen LogP) is 3.05. The maximum Gasteiger partial charge on any atom is 0.0359 e. The molecule has 1 aromatic rings. The molecule has 0 aromatic heterocycles. The van der Waals surface area contributed by atoms with Crippen molar-refractivity contribution in [3.63, 3.8) is 0 Å². The van der Waals surface area contributed by atoms with Gasteiger partial charge in [-0.25, -0.2) is 0 Å². The molecule has 0 bridgehead atoms. The molecule has 0 radical (unpaired) electrons. The molecule has 0 heterocycles. The topological polar surface area (TPSA) is 29.3 Å². The fourth-order valence-corrected chi connectivity index (χ4v) is 2.19. The molecule has 96 valence electrons. The summed E-state index contributed by atoms with van der Waals surface area (Å²) in [6.45, 7) is 7.56. The molecule has 0 aliphatic carbocycles. The first-order chi connectivity index (χ1) is 8.07. The lowest BCUT2D eigenvalue weighted by Crippen LogP contribution is -2.37. The summed E-state index contributed by atoms with van der Waals surface area (Å²) in [6.07, 6.45) is 1.01. The molecule has 0 aliphatic heterocycles. The molecule has 2 nitrogen and oxygen atoms in total. The van der Waals surface area contributed by atoms with Crippen LogP contribution >= 0.6 is 0 Å². The average molecular weight is 234 g/mol. The van der Waals surface area contributed by atoms with Gasteiger partial charge >= 0.3 is 0 Å². The van der Waals surface area contributed by atoms with Crippen molar-refractivity contribution in [1.29, 1.82) is 0 Å². The van der Waals surface area contributed by atoms with E-state index >= 15 is 0 Å². The van der Waals surface area contributed by atoms with Crippen LogP contribution in [0.5, 0.6) is 0 Å². The van der Waals surface area contributed by atoms with Crippen molar-refractivity contribution in [1.82, 2.24) is 4.90 Å². The van der Waals surface area contributed by atoms with E-state index in [1.807, 2.05) is 0 Å². The largest absolute Gasteiger partial charge is 0.330 e.